The first-order chi connectivity index (χ1) is 13.3. The number of anilines is 2. The number of ether oxygens (including phenoxy) is 1. The first-order valence-electron chi connectivity index (χ1n) is 8.51. The van der Waals surface area contributed by atoms with Crippen LogP contribution >= 0.6 is 0 Å². The van der Waals surface area contributed by atoms with Crippen molar-refractivity contribution in [3.05, 3.63) is 59.7 Å². The molecule has 0 radical (unpaired) electrons. The second-order valence-electron chi connectivity index (χ2n) is 6.33. The molecule has 0 saturated carbocycles. The number of hydrogen-bond donors (Lipinski definition) is 3. The minimum Gasteiger partial charge on any atom is -0.357 e. The Labute approximate surface area is 158 Å². The zero-order chi connectivity index (χ0) is 20.4. The van der Waals surface area contributed by atoms with Crippen LogP contribution in [0, 0.1) is 0 Å². The largest absolute Gasteiger partial charge is 0.416 e. The van der Waals surface area contributed by atoms with Crippen molar-refractivity contribution in [3.63, 3.8) is 0 Å². The first kappa shape index (κ1) is 19.8. The van der Waals surface area contributed by atoms with Crippen molar-refractivity contribution in [2.45, 2.75) is 24.6 Å². The quantitative estimate of drug-likeness (QED) is 0.239. The van der Waals surface area contributed by atoms with Crippen molar-refractivity contribution in [1.82, 2.24) is 5.43 Å². The van der Waals surface area contributed by atoms with Crippen LogP contribution in [0.1, 0.15) is 28.8 Å². The Morgan fingerprint density at radius 2 is 1.75 bits per heavy atom. The third-order valence-electron chi connectivity index (χ3n) is 4.55. The summed E-state index contributed by atoms with van der Waals surface area (Å²) in [6, 6.07) is 10.8. The van der Waals surface area contributed by atoms with E-state index in [2.05, 4.69) is 5.32 Å². The number of halogens is 3. The van der Waals surface area contributed by atoms with Gasteiger partial charge in [0.1, 0.15) is 0 Å². The zero-order valence-corrected chi connectivity index (χ0v) is 14.7. The standard InChI is InChI=1S/C19H18F3N3O3/c20-19(21,22)12-6-8-13(9-7-12)24-15-5-2-1-4-14(15)16(26)18(17(27)25-23)10-3-11-28-18/h1-2,4-9,24H,3,10-11,23H2,(H,25,27). The van der Waals surface area contributed by atoms with E-state index >= 15 is 0 Å². The van der Waals surface area contributed by atoms with Crippen LogP contribution in [0.3, 0.4) is 0 Å². The second-order valence-corrected chi connectivity index (χ2v) is 6.33. The maximum absolute atomic E-state index is 13.1. The molecule has 1 amide bonds. The monoisotopic (exact) mass is 393 g/mol. The fourth-order valence-corrected chi connectivity index (χ4v) is 3.12. The van der Waals surface area contributed by atoms with Crippen LogP contribution in [0.15, 0.2) is 48.5 Å². The van der Waals surface area contributed by atoms with Crippen molar-refractivity contribution in [1.29, 1.82) is 0 Å². The number of ketones is 1. The predicted octanol–water partition coefficient (Wildman–Crippen LogP) is 3.17. The highest BCUT2D eigenvalue weighted by atomic mass is 19.4. The van der Waals surface area contributed by atoms with Crippen LogP contribution in [0.4, 0.5) is 24.5 Å². The molecular formula is C19H18F3N3O3. The number of para-hydroxylation sites is 1. The summed E-state index contributed by atoms with van der Waals surface area (Å²) in [6.07, 6.45) is -3.73. The highest BCUT2D eigenvalue weighted by Crippen LogP contribution is 2.34. The molecule has 2 aromatic rings. The van der Waals surface area contributed by atoms with Gasteiger partial charge in [-0.25, -0.2) is 5.84 Å². The summed E-state index contributed by atoms with van der Waals surface area (Å²) < 4.78 is 43.6. The van der Waals surface area contributed by atoms with Crippen molar-refractivity contribution < 1.29 is 27.5 Å². The number of rotatable bonds is 5. The van der Waals surface area contributed by atoms with Gasteiger partial charge in [0.05, 0.1) is 5.56 Å². The minimum absolute atomic E-state index is 0.174. The molecule has 1 saturated heterocycles. The van der Waals surface area contributed by atoms with Crippen molar-refractivity contribution >= 4 is 23.1 Å². The van der Waals surface area contributed by atoms with Crippen molar-refractivity contribution in [2.75, 3.05) is 11.9 Å². The summed E-state index contributed by atoms with van der Waals surface area (Å²) in [5.74, 6) is 3.92. The summed E-state index contributed by atoms with van der Waals surface area (Å²) in [6.45, 7) is 0.244. The predicted molar refractivity (Wildman–Crippen MR) is 95.7 cm³/mol. The molecule has 2 aromatic carbocycles. The molecule has 9 heteroatoms. The molecule has 1 aliphatic heterocycles. The lowest BCUT2D eigenvalue weighted by Crippen LogP contribution is -2.54. The Morgan fingerprint density at radius 3 is 2.32 bits per heavy atom. The van der Waals surface area contributed by atoms with Gasteiger partial charge in [0.25, 0.3) is 5.91 Å². The van der Waals surface area contributed by atoms with E-state index in [1.165, 1.54) is 18.2 Å². The van der Waals surface area contributed by atoms with Gasteiger partial charge in [-0.2, -0.15) is 13.2 Å². The smallest absolute Gasteiger partial charge is 0.357 e. The SMILES string of the molecule is NNC(=O)C1(C(=O)c2ccccc2Nc2ccc(C(F)(F)F)cc2)CCCO1. The lowest BCUT2D eigenvalue weighted by molar-refractivity contribution is -0.138. The van der Waals surface area contributed by atoms with E-state index in [9.17, 15) is 22.8 Å². The van der Waals surface area contributed by atoms with Gasteiger partial charge in [-0.05, 0) is 49.2 Å². The molecule has 6 nitrogen and oxygen atoms in total. The Hall–Kier alpha value is -2.91. The van der Waals surface area contributed by atoms with Gasteiger partial charge in [0, 0.05) is 23.5 Å². The molecule has 1 aliphatic rings. The fourth-order valence-electron chi connectivity index (χ4n) is 3.12. The Balaban J connectivity index is 1.91. The summed E-state index contributed by atoms with van der Waals surface area (Å²) in [5, 5.41) is 2.92. The number of benzene rings is 2. The van der Waals surface area contributed by atoms with Gasteiger partial charge in [-0.1, -0.05) is 12.1 Å². The fraction of sp³-hybridized carbons (Fsp3) is 0.263. The molecule has 1 unspecified atom stereocenters. The molecule has 148 valence electrons. The van der Waals surface area contributed by atoms with Crippen molar-refractivity contribution in [2.24, 2.45) is 5.84 Å². The van der Waals surface area contributed by atoms with Crippen LogP contribution < -0.4 is 16.6 Å². The highest BCUT2D eigenvalue weighted by molar-refractivity contribution is 6.19. The minimum atomic E-state index is -4.44. The van der Waals surface area contributed by atoms with Gasteiger partial charge in [0.15, 0.2) is 0 Å². The Bertz CT molecular complexity index is 876. The van der Waals surface area contributed by atoms with E-state index in [1.54, 1.807) is 18.2 Å². The van der Waals surface area contributed by atoms with Crippen LogP contribution in [-0.2, 0) is 15.7 Å². The number of carbonyl (C=O) groups is 2. The van der Waals surface area contributed by atoms with E-state index < -0.39 is 29.0 Å². The Morgan fingerprint density at radius 1 is 1.07 bits per heavy atom. The molecule has 3 rings (SSSR count). The molecular weight excluding hydrogens is 375 g/mol. The Kier molecular flexibility index (Phi) is 5.39. The molecule has 1 fully saturated rings. The summed E-state index contributed by atoms with van der Waals surface area (Å²) >= 11 is 0. The lowest BCUT2D eigenvalue weighted by Gasteiger charge is -2.25. The van der Waals surface area contributed by atoms with E-state index in [0.29, 0.717) is 17.8 Å². The lowest BCUT2D eigenvalue weighted by atomic mass is 9.88. The van der Waals surface area contributed by atoms with Crippen LogP contribution in [0.5, 0.6) is 0 Å². The number of carbonyl (C=O) groups excluding carboxylic acids is 2. The number of nitrogens with two attached hydrogens (primary N) is 1. The number of alkyl halides is 3. The zero-order valence-electron chi connectivity index (χ0n) is 14.7. The third kappa shape index (κ3) is 3.71. The number of hydrogen-bond acceptors (Lipinski definition) is 5. The number of Topliss-reactive ketones (excluding diaryl/α,β-unsaturated/α-hetero) is 1. The van der Waals surface area contributed by atoms with Gasteiger partial charge in [0.2, 0.25) is 11.4 Å². The molecule has 1 heterocycles. The van der Waals surface area contributed by atoms with Gasteiger partial charge < -0.3 is 10.1 Å². The molecule has 0 aromatic heterocycles. The van der Waals surface area contributed by atoms with Crippen LogP contribution in [0.25, 0.3) is 0 Å². The molecule has 4 N–H and O–H groups in total. The van der Waals surface area contributed by atoms with E-state index in [4.69, 9.17) is 10.6 Å². The topological polar surface area (TPSA) is 93.5 Å². The number of amides is 1. The van der Waals surface area contributed by atoms with Crippen molar-refractivity contribution in [3.8, 4) is 0 Å². The second kappa shape index (κ2) is 7.61. The number of hydrazine groups is 1. The normalized spacial score (nSPS) is 19.3. The molecule has 1 atom stereocenters. The van der Waals surface area contributed by atoms with E-state index in [0.717, 1.165) is 12.1 Å². The third-order valence-corrected chi connectivity index (χ3v) is 4.55. The van der Waals surface area contributed by atoms with E-state index in [-0.39, 0.29) is 18.6 Å². The van der Waals surface area contributed by atoms with Gasteiger partial charge >= 0.3 is 6.18 Å². The summed E-state index contributed by atoms with van der Waals surface area (Å²) in [4.78, 5) is 25.4. The maximum atomic E-state index is 13.1. The molecule has 28 heavy (non-hydrogen) atoms. The molecule has 0 aliphatic carbocycles. The van der Waals surface area contributed by atoms with Crippen LogP contribution in [0.2, 0.25) is 0 Å². The first-order valence-corrected chi connectivity index (χ1v) is 8.51. The van der Waals surface area contributed by atoms with Gasteiger partial charge in [-0.15, -0.1) is 0 Å². The average Bonchev–Trinajstić information content (AvgIpc) is 3.18. The summed E-state index contributed by atoms with van der Waals surface area (Å²) in [5.41, 5.74) is 0.356. The van der Waals surface area contributed by atoms with E-state index in [1.807, 2.05) is 5.43 Å². The average molecular weight is 393 g/mol. The summed E-state index contributed by atoms with van der Waals surface area (Å²) in [7, 11) is 0. The molecule has 0 spiro atoms. The highest BCUT2D eigenvalue weighted by Gasteiger charge is 2.50. The van der Waals surface area contributed by atoms with Gasteiger partial charge in [-0.3, -0.25) is 15.0 Å². The molecule has 0 bridgehead atoms. The maximum Gasteiger partial charge on any atom is 0.416 e. The van der Waals surface area contributed by atoms with Crippen LogP contribution in [-0.4, -0.2) is 23.9 Å². The number of nitrogens with one attached hydrogen (secondary N) is 2.